The zero-order valence-electron chi connectivity index (χ0n) is 11.9. The molecule has 0 saturated carbocycles. The first kappa shape index (κ1) is 15.5. The van der Waals surface area contributed by atoms with E-state index >= 15 is 0 Å². The van der Waals surface area contributed by atoms with E-state index in [2.05, 4.69) is 5.32 Å². The van der Waals surface area contributed by atoms with Crippen molar-refractivity contribution < 1.29 is 14.3 Å². The van der Waals surface area contributed by atoms with E-state index in [1.807, 2.05) is 38.1 Å². The average molecular weight is 265 g/mol. The van der Waals surface area contributed by atoms with Crippen LogP contribution in [0.3, 0.4) is 0 Å². The Morgan fingerprint density at radius 3 is 2.53 bits per heavy atom. The second-order valence-corrected chi connectivity index (χ2v) is 4.70. The number of rotatable bonds is 8. The molecule has 0 radical (unpaired) electrons. The minimum Gasteiger partial charge on any atom is -0.497 e. The van der Waals surface area contributed by atoms with Gasteiger partial charge in [-0.3, -0.25) is 4.79 Å². The SMILES string of the molecule is COc1ccc(CNCCCOC(=O)C(C)C)cc1. The van der Waals surface area contributed by atoms with Crippen LogP contribution < -0.4 is 10.1 Å². The van der Waals surface area contributed by atoms with Crippen molar-refractivity contribution in [2.75, 3.05) is 20.3 Å². The van der Waals surface area contributed by atoms with Crippen molar-refractivity contribution in [1.29, 1.82) is 0 Å². The highest BCUT2D eigenvalue weighted by atomic mass is 16.5. The zero-order valence-corrected chi connectivity index (χ0v) is 11.9. The molecule has 4 heteroatoms. The normalized spacial score (nSPS) is 10.5. The van der Waals surface area contributed by atoms with E-state index in [4.69, 9.17) is 9.47 Å². The van der Waals surface area contributed by atoms with Gasteiger partial charge in [0.2, 0.25) is 0 Å². The monoisotopic (exact) mass is 265 g/mol. The number of hydrogen-bond donors (Lipinski definition) is 1. The summed E-state index contributed by atoms with van der Waals surface area (Å²) in [5.41, 5.74) is 1.21. The minimum absolute atomic E-state index is 0.0488. The van der Waals surface area contributed by atoms with Gasteiger partial charge in [-0.1, -0.05) is 26.0 Å². The van der Waals surface area contributed by atoms with E-state index in [-0.39, 0.29) is 11.9 Å². The van der Waals surface area contributed by atoms with Gasteiger partial charge in [-0.2, -0.15) is 0 Å². The minimum atomic E-state index is -0.129. The summed E-state index contributed by atoms with van der Waals surface area (Å²) in [5, 5.41) is 3.31. The number of methoxy groups -OCH3 is 1. The topological polar surface area (TPSA) is 47.6 Å². The second-order valence-electron chi connectivity index (χ2n) is 4.70. The van der Waals surface area contributed by atoms with Gasteiger partial charge in [0.1, 0.15) is 5.75 Å². The number of carbonyl (C=O) groups is 1. The first-order valence-electron chi connectivity index (χ1n) is 6.63. The van der Waals surface area contributed by atoms with Crippen LogP contribution >= 0.6 is 0 Å². The first-order chi connectivity index (χ1) is 9.13. The van der Waals surface area contributed by atoms with Crippen LogP contribution in [0.25, 0.3) is 0 Å². The highest BCUT2D eigenvalue weighted by Crippen LogP contribution is 2.10. The van der Waals surface area contributed by atoms with Crippen molar-refractivity contribution in [2.24, 2.45) is 5.92 Å². The van der Waals surface area contributed by atoms with Crippen LogP contribution in [0.15, 0.2) is 24.3 Å². The molecule has 0 saturated heterocycles. The Hall–Kier alpha value is -1.55. The lowest BCUT2D eigenvalue weighted by Gasteiger charge is -2.08. The van der Waals surface area contributed by atoms with Crippen molar-refractivity contribution in [3.05, 3.63) is 29.8 Å². The summed E-state index contributed by atoms with van der Waals surface area (Å²) in [4.78, 5) is 11.2. The summed E-state index contributed by atoms with van der Waals surface area (Å²) in [6.07, 6.45) is 0.828. The fraction of sp³-hybridized carbons (Fsp3) is 0.533. The van der Waals surface area contributed by atoms with Crippen molar-refractivity contribution in [1.82, 2.24) is 5.32 Å². The van der Waals surface area contributed by atoms with E-state index in [0.29, 0.717) is 6.61 Å². The third-order valence-electron chi connectivity index (χ3n) is 2.70. The lowest BCUT2D eigenvalue weighted by molar-refractivity contribution is -0.147. The molecule has 0 aromatic heterocycles. The molecule has 0 fully saturated rings. The number of benzene rings is 1. The Bertz CT molecular complexity index is 373. The first-order valence-corrected chi connectivity index (χ1v) is 6.63. The highest BCUT2D eigenvalue weighted by Gasteiger charge is 2.06. The van der Waals surface area contributed by atoms with E-state index in [0.717, 1.165) is 25.3 Å². The summed E-state index contributed by atoms with van der Waals surface area (Å²) >= 11 is 0. The molecular weight excluding hydrogens is 242 g/mol. The maximum absolute atomic E-state index is 11.2. The van der Waals surface area contributed by atoms with E-state index in [1.54, 1.807) is 7.11 Å². The highest BCUT2D eigenvalue weighted by molar-refractivity contribution is 5.71. The molecule has 1 N–H and O–H groups in total. The number of esters is 1. The molecule has 0 unspecified atom stereocenters. The second kappa shape index (κ2) is 8.53. The molecule has 0 bridgehead atoms. The average Bonchev–Trinajstić information content (AvgIpc) is 2.42. The van der Waals surface area contributed by atoms with Gasteiger partial charge in [-0.25, -0.2) is 0 Å². The van der Waals surface area contributed by atoms with Crippen LogP contribution in [0, 0.1) is 5.92 Å². The van der Waals surface area contributed by atoms with Crippen molar-refractivity contribution in [3.63, 3.8) is 0 Å². The molecule has 0 amide bonds. The van der Waals surface area contributed by atoms with Crippen LogP contribution in [-0.2, 0) is 16.1 Å². The Balaban J connectivity index is 2.08. The maximum atomic E-state index is 11.2. The van der Waals surface area contributed by atoms with Gasteiger partial charge >= 0.3 is 5.97 Å². The van der Waals surface area contributed by atoms with Gasteiger partial charge in [0.15, 0.2) is 0 Å². The number of ether oxygens (including phenoxy) is 2. The van der Waals surface area contributed by atoms with Crippen LogP contribution in [0.5, 0.6) is 5.75 Å². The number of hydrogen-bond acceptors (Lipinski definition) is 4. The molecule has 1 aromatic carbocycles. The predicted molar refractivity (Wildman–Crippen MR) is 75.1 cm³/mol. The molecule has 1 rings (SSSR count). The van der Waals surface area contributed by atoms with Crippen LogP contribution in [-0.4, -0.2) is 26.2 Å². The molecule has 0 atom stereocenters. The number of nitrogens with one attached hydrogen (secondary N) is 1. The summed E-state index contributed by atoms with van der Waals surface area (Å²) in [7, 11) is 1.66. The molecule has 1 aromatic rings. The fourth-order valence-corrected chi connectivity index (χ4v) is 1.51. The standard InChI is InChI=1S/C15H23NO3/c1-12(2)15(17)19-10-4-9-16-11-13-5-7-14(18-3)8-6-13/h5-8,12,16H,4,9-11H2,1-3H3. The summed E-state index contributed by atoms with van der Waals surface area (Å²) in [5.74, 6) is 0.687. The molecule has 0 aliphatic heterocycles. The quantitative estimate of drug-likeness (QED) is 0.579. The van der Waals surface area contributed by atoms with Crippen LogP contribution in [0.2, 0.25) is 0 Å². The number of carbonyl (C=O) groups excluding carboxylic acids is 1. The largest absolute Gasteiger partial charge is 0.497 e. The van der Waals surface area contributed by atoms with Crippen molar-refractivity contribution in [2.45, 2.75) is 26.8 Å². The molecular formula is C15H23NO3. The van der Waals surface area contributed by atoms with Gasteiger partial charge in [-0.05, 0) is 30.7 Å². The fourth-order valence-electron chi connectivity index (χ4n) is 1.51. The Morgan fingerprint density at radius 2 is 1.95 bits per heavy atom. The van der Waals surface area contributed by atoms with Gasteiger partial charge in [0.05, 0.1) is 19.6 Å². The van der Waals surface area contributed by atoms with Crippen molar-refractivity contribution in [3.8, 4) is 5.75 Å². The zero-order chi connectivity index (χ0) is 14.1. The van der Waals surface area contributed by atoms with E-state index < -0.39 is 0 Å². The van der Waals surface area contributed by atoms with Gasteiger partial charge in [-0.15, -0.1) is 0 Å². The van der Waals surface area contributed by atoms with Crippen LogP contribution in [0.4, 0.5) is 0 Å². The van der Waals surface area contributed by atoms with E-state index in [1.165, 1.54) is 5.56 Å². The Morgan fingerprint density at radius 1 is 1.26 bits per heavy atom. The third kappa shape index (κ3) is 6.25. The predicted octanol–water partition coefficient (Wildman–Crippen LogP) is 2.37. The molecule has 106 valence electrons. The van der Waals surface area contributed by atoms with Gasteiger partial charge in [0, 0.05) is 6.54 Å². The Labute approximate surface area is 115 Å². The Kier molecular flexibility index (Phi) is 6.97. The smallest absolute Gasteiger partial charge is 0.308 e. The van der Waals surface area contributed by atoms with E-state index in [9.17, 15) is 4.79 Å². The lowest BCUT2D eigenvalue weighted by atomic mass is 10.2. The molecule has 4 nitrogen and oxygen atoms in total. The summed E-state index contributed by atoms with van der Waals surface area (Å²) in [6, 6.07) is 7.96. The van der Waals surface area contributed by atoms with Crippen molar-refractivity contribution >= 4 is 5.97 Å². The summed E-state index contributed by atoms with van der Waals surface area (Å²) in [6.45, 7) is 5.79. The molecule has 0 heterocycles. The third-order valence-corrected chi connectivity index (χ3v) is 2.70. The molecule has 19 heavy (non-hydrogen) atoms. The molecule has 0 aliphatic carbocycles. The maximum Gasteiger partial charge on any atom is 0.308 e. The lowest BCUT2D eigenvalue weighted by Crippen LogP contribution is -2.18. The summed E-state index contributed by atoms with van der Waals surface area (Å²) < 4.78 is 10.2. The van der Waals surface area contributed by atoms with Crippen LogP contribution in [0.1, 0.15) is 25.8 Å². The molecule has 0 aliphatic rings. The molecule has 0 spiro atoms. The van der Waals surface area contributed by atoms with Gasteiger partial charge in [0.25, 0.3) is 0 Å². The van der Waals surface area contributed by atoms with Gasteiger partial charge < -0.3 is 14.8 Å².